The molecule has 4 amide bonds. The van der Waals surface area contributed by atoms with E-state index in [-0.39, 0.29) is 18.0 Å². The van der Waals surface area contributed by atoms with Gasteiger partial charge in [-0.05, 0) is 46.5 Å². The van der Waals surface area contributed by atoms with Gasteiger partial charge in [-0.25, -0.2) is 9.59 Å². The Bertz CT molecular complexity index is 717. The first-order chi connectivity index (χ1) is 11.6. The minimum atomic E-state index is -0.250. The second-order valence-corrected chi connectivity index (χ2v) is 6.51. The molecule has 1 aromatic heterocycles. The van der Waals surface area contributed by atoms with Crippen LogP contribution in [-0.4, -0.2) is 31.7 Å². The molecule has 1 aromatic carbocycles. The summed E-state index contributed by atoms with van der Waals surface area (Å²) in [5.41, 5.74) is 2.66. The van der Waals surface area contributed by atoms with E-state index in [1.807, 2.05) is 17.5 Å². The van der Waals surface area contributed by atoms with Crippen LogP contribution in [0, 0.1) is 0 Å². The van der Waals surface area contributed by atoms with Crippen LogP contribution in [0.3, 0.4) is 0 Å². The number of thiophene rings is 1. The van der Waals surface area contributed by atoms with Gasteiger partial charge in [0.15, 0.2) is 0 Å². The summed E-state index contributed by atoms with van der Waals surface area (Å²) in [5.74, 6) is 0.265. The fourth-order valence-electron chi connectivity index (χ4n) is 2.56. The average molecular weight is 344 g/mol. The Labute approximate surface area is 144 Å². The van der Waals surface area contributed by atoms with Crippen LogP contribution in [0.2, 0.25) is 0 Å². The van der Waals surface area contributed by atoms with E-state index in [2.05, 4.69) is 34.3 Å². The maximum absolute atomic E-state index is 12.1. The summed E-state index contributed by atoms with van der Waals surface area (Å²) in [6.07, 6.45) is 0. The van der Waals surface area contributed by atoms with Gasteiger partial charge < -0.3 is 16.0 Å². The highest BCUT2D eigenvalue weighted by Crippen LogP contribution is 2.21. The second kappa shape index (κ2) is 7.35. The molecule has 1 atom stereocenters. The number of nitrogens with zero attached hydrogens (tertiary/aromatic N) is 1. The SMILES string of the molecule is CC(CNC(=O)Nc1cccc(N2CCNC2=O)c1)c1ccsc1. The van der Waals surface area contributed by atoms with Crippen molar-refractivity contribution in [3.63, 3.8) is 0 Å². The van der Waals surface area contributed by atoms with Crippen molar-refractivity contribution < 1.29 is 9.59 Å². The molecule has 0 aliphatic carbocycles. The van der Waals surface area contributed by atoms with E-state index in [1.54, 1.807) is 28.4 Å². The van der Waals surface area contributed by atoms with Crippen molar-refractivity contribution in [1.29, 1.82) is 0 Å². The summed E-state index contributed by atoms with van der Waals surface area (Å²) in [5, 5.41) is 12.6. The van der Waals surface area contributed by atoms with Crippen molar-refractivity contribution >= 4 is 34.8 Å². The Hall–Kier alpha value is -2.54. The van der Waals surface area contributed by atoms with Gasteiger partial charge in [-0.2, -0.15) is 11.3 Å². The van der Waals surface area contributed by atoms with Crippen molar-refractivity contribution in [2.75, 3.05) is 29.9 Å². The summed E-state index contributed by atoms with van der Waals surface area (Å²) in [7, 11) is 0. The zero-order valence-electron chi connectivity index (χ0n) is 13.4. The Balaban J connectivity index is 1.55. The van der Waals surface area contributed by atoms with Gasteiger partial charge >= 0.3 is 12.1 Å². The maximum atomic E-state index is 12.1. The van der Waals surface area contributed by atoms with E-state index < -0.39 is 0 Å². The molecule has 1 unspecified atom stereocenters. The van der Waals surface area contributed by atoms with Gasteiger partial charge in [0, 0.05) is 31.0 Å². The van der Waals surface area contributed by atoms with E-state index in [1.165, 1.54) is 5.56 Å². The Kier molecular flexibility index (Phi) is 5.00. The predicted molar refractivity (Wildman–Crippen MR) is 96.9 cm³/mol. The van der Waals surface area contributed by atoms with Gasteiger partial charge in [0.05, 0.1) is 0 Å². The number of hydrogen-bond donors (Lipinski definition) is 3. The molecule has 1 aliphatic heterocycles. The molecule has 0 saturated carbocycles. The number of carbonyl (C=O) groups excluding carboxylic acids is 2. The number of amides is 4. The highest BCUT2D eigenvalue weighted by Gasteiger charge is 2.21. The lowest BCUT2D eigenvalue weighted by Crippen LogP contribution is -2.32. The van der Waals surface area contributed by atoms with Crippen molar-refractivity contribution in [2.45, 2.75) is 12.8 Å². The molecule has 3 rings (SSSR count). The summed E-state index contributed by atoms with van der Waals surface area (Å²) in [6, 6.07) is 8.99. The third-order valence-corrected chi connectivity index (χ3v) is 4.65. The minimum absolute atomic E-state index is 0.110. The topological polar surface area (TPSA) is 73.5 Å². The standard InChI is InChI=1S/C17H20N4O2S/c1-12(13-5-8-24-11-13)10-19-16(22)20-14-3-2-4-15(9-14)21-7-6-18-17(21)23/h2-5,8-9,11-12H,6-7,10H2,1H3,(H,18,23)(H2,19,20,22). The van der Waals surface area contributed by atoms with Crippen LogP contribution in [0.4, 0.5) is 21.0 Å². The quantitative estimate of drug-likeness (QED) is 0.779. The first kappa shape index (κ1) is 16.3. The van der Waals surface area contributed by atoms with Gasteiger partial charge in [-0.1, -0.05) is 13.0 Å². The van der Waals surface area contributed by atoms with Gasteiger partial charge in [-0.3, -0.25) is 4.90 Å². The van der Waals surface area contributed by atoms with Crippen molar-refractivity contribution in [2.24, 2.45) is 0 Å². The summed E-state index contributed by atoms with van der Waals surface area (Å²) < 4.78 is 0. The number of carbonyl (C=O) groups is 2. The predicted octanol–water partition coefficient (Wildman–Crippen LogP) is 3.20. The number of hydrogen-bond acceptors (Lipinski definition) is 3. The Morgan fingerprint density at radius 2 is 2.29 bits per heavy atom. The van der Waals surface area contributed by atoms with Crippen LogP contribution in [0.25, 0.3) is 0 Å². The van der Waals surface area contributed by atoms with Gasteiger partial charge in [0.2, 0.25) is 0 Å². The lowest BCUT2D eigenvalue weighted by molar-refractivity contribution is 0.251. The molecule has 126 valence electrons. The molecule has 1 aliphatic rings. The van der Waals surface area contributed by atoms with Gasteiger partial charge in [0.1, 0.15) is 0 Å². The molecule has 0 bridgehead atoms. The van der Waals surface area contributed by atoms with E-state index >= 15 is 0 Å². The molecular formula is C17H20N4O2S. The van der Waals surface area contributed by atoms with Gasteiger partial charge in [-0.15, -0.1) is 0 Å². The minimum Gasteiger partial charge on any atom is -0.337 e. The highest BCUT2D eigenvalue weighted by molar-refractivity contribution is 7.07. The fourth-order valence-corrected chi connectivity index (χ4v) is 3.35. The molecule has 24 heavy (non-hydrogen) atoms. The van der Waals surface area contributed by atoms with E-state index in [9.17, 15) is 9.59 Å². The molecule has 1 fully saturated rings. The third-order valence-electron chi connectivity index (χ3n) is 3.95. The van der Waals surface area contributed by atoms with Crippen molar-refractivity contribution in [1.82, 2.24) is 10.6 Å². The summed E-state index contributed by atoms with van der Waals surface area (Å²) in [4.78, 5) is 25.4. The largest absolute Gasteiger partial charge is 0.337 e. The smallest absolute Gasteiger partial charge is 0.321 e. The monoisotopic (exact) mass is 344 g/mol. The second-order valence-electron chi connectivity index (χ2n) is 5.73. The molecule has 7 heteroatoms. The molecule has 3 N–H and O–H groups in total. The molecule has 2 aromatic rings. The molecule has 6 nitrogen and oxygen atoms in total. The highest BCUT2D eigenvalue weighted by atomic mass is 32.1. The zero-order chi connectivity index (χ0) is 16.9. The van der Waals surface area contributed by atoms with E-state index in [0.717, 1.165) is 5.69 Å². The zero-order valence-corrected chi connectivity index (χ0v) is 14.2. The van der Waals surface area contributed by atoms with Crippen LogP contribution >= 0.6 is 11.3 Å². The maximum Gasteiger partial charge on any atom is 0.321 e. The molecule has 2 heterocycles. The normalized spacial score (nSPS) is 15.0. The number of urea groups is 2. The van der Waals surface area contributed by atoms with Crippen LogP contribution in [0.5, 0.6) is 0 Å². The lowest BCUT2D eigenvalue weighted by Gasteiger charge is -2.16. The van der Waals surface area contributed by atoms with Crippen LogP contribution < -0.4 is 20.9 Å². The van der Waals surface area contributed by atoms with Crippen molar-refractivity contribution in [3.8, 4) is 0 Å². The molecule has 0 radical (unpaired) electrons. The number of nitrogens with one attached hydrogen (secondary N) is 3. The Morgan fingerprint density at radius 3 is 3.00 bits per heavy atom. The summed E-state index contributed by atoms with van der Waals surface area (Å²) in [6.45, 7) is 3.91. The average Bonchev–Trinajstić information content (AvgIpc) is 3.24. The van der Waals surface area contributed by atoms with Crippen LogP contribution in [-0.2, 0) is 0 Å². The first-order valence-electron chi connectivity index (χ1n) is 7.86. The van der Waals surface area contributed by atoms with E-state index in [4.69, 9.17) is 0 Å². The first-order valence-corrected chi connectivity index (χ1v) is 8.80. The van der Waals surface area contributed by atoms with Crippen LogP contribution in [0.1, 0.15) is 18.4 Å². The van der Waals surface area contributed by atoms with Gasteiger partial charge in [0.25, 0.3) is 0 Å². The Morgan fingerprint density at radius 1 is 1.42 bits per heavy atom. The van der Waals surface area contributed by atoms with E-state index in [0.29, 0.717) is 25.3 Å². The molecule has 0 spiro atoms. The number of anilines is 2. The molecular weight excluding hydrogens is 324 g/mol. The number of benzene rings is 1. The lowest BCUT2D eigenvalue weighted by atomic mass is 10.1. The molecule has 1 saturated heterocycles. The fraction of sp³-hybridized carbons (Fsp3) is 0.294. The number of rotatable bonds is 5. The van der Waals surface area contributed by atoms with Crippen LogP contribution in [0.15, 0.2) is 41.1 Å². The summed E-state index contributed by atoms with van der Waals surface area (Å²) >= 11 is 1.65. The third kappa shape index (κ3) is 3.86. The van der Waals surface area contributed by atoms with Crippen molar-refractivity contribution in [3.05, 3.63) is 46.7 Å².